The lowest BCUT2D eigenvalue weighted by Gasteiger charge is -2.23. The van der Waals surface area contributed by atoms with Gasteiger partial charge in [-0.15, -0.1) is 0 Å². The maximum absolute atomic E-state index is 5.82. The van der Waals surface area contributed by atoms with Gasteiger partial charge in [-0.2, -0.15) is 0 Å². The van der Waals surface area contributed by atoms with E-state index in [1.807, 2.05) is 12.3 Å². The molecule has 3 rings (SSSR count). The minimum atomic E-state index is 0.449. The molecule has 2 aliphatic rings. The number of hydrogen-bond donors (Lipinski definition) is 1. The fourth-order valence-corrected chi connectivity index (χ4v) is 3.41. The van der Waals surface area contributed by atoms with Crippen molar-refractivity contribution in [3.63, 3.8) is 0 Å². The summed E-state index contributed by atoms with van der Waals surface area (Å²) in [6, 6.07) is 4.04. The molecule has 3 heteroatoms. The highest BCUT2D eigenvalue weighted by molar-refractivity contribution is 6.29. The summed E-state index contributed by atoms with van der Waals surface area (Å²) < 4.78 is 0. The van der Waals surface area contributed by atoms with E-state index >= 15 is 0 Å². The Labute approximate surface area is 101 Å². The van der Waals surface area contributed by atoms with E-state index in [0.29, 0.717) is 16.6 Å². The van der Waals surface area contributed by atoms with Gasteiger partial charge in [0.25, 0.3) is 0 Å². The van der Waals surface area contributed by atoms with Gasteiger partial charge < -0.3 is 5.32 Å². The molecule has 86 valence electrons. The van der Waals surface area contributed by atoms with E-state index in [1.54, 1.807) is 0 Å². The molecule has 1 saturated heterocycles. The van der Waals surface area contributed by atoms with Crippen molar-refractivity contribution in [3.8, 4) is 0 Å². The van der Waals surface area contributed by atoms with Crippen molar-refractivity contribution in [2.75, 3.05) is 6.54 Å². The summed E-state index contributed by atoms with van der Waals surface area (Å²) in [7, 11) is 0. The van der Waals surface area contributed by atoms with E-state index in [2.05, 4.69) is 16.4 Å². The Kier molecular flexibility index (Phi) is 2.64. The average Bonchev–Trinajstić information content (AvgIpc) is 2.91. The Balaban J connectivity index is 1.75. The standard InChI is InChI=1S/C13H17ClN2/c14-12-3-2-11(9-15-12)10-4-6-13(8-10)5-1-7-16-13/h2-3,9-10,16H,1,4-8H2. The summed E-state index contributed by atoms with van der Waals surface area (Å²) in [4.78, 5) is 4.18. The van der Waals surface area contributed by atoms with Crippen molar-refractivity contribution in [3.05, 3.63) is 29.0 Å². The van der Waals surface area contributed by atoms with Crippen LogP contribution in [0.1, 0.15) is 43.6 Å². The first-order valence-corrected chi connectivity index (χ1v) is 6.52. The first-order valence-electron chi connectivity index (χ1n) is 6.14. The van der Waals surface area contributed by atoms with Crippen LogP contribution < -0.4 is 5.32 Å². The van der Waals surface area contributed by atoms with E-state index in [-0.39, 0.29) is 0 Å². The van der Waals surface area contributed by atoms with Crippen molar-refractivity contribution in [1.29, 1.82) is 0 Å². The van der Waals surface area contributed by atoms with Gasteiger partial charge in [0.2, 0.25) is 0 Å². The van der Waals surface area contributed by atoms with Crippen LogP contribution in [0, 0.1) is 0 Å². The highest BCUT2D eigenvalue weighted by atomic mass is 35.5. The molecule has 0 amide bonds. The maximum atomic E-state index is 5.82. The average molecular weight is 237 g/mol. The zero-order valence-corrected chi connectivity index (χ0v) is 10.1. The Bertz CT molecular complexity index is 368. The molecular weight excluding hydrogens is 220 g/mol. The van der Waals surface area contributed by atoms with Crippen molar-refractivity contribution in [2.45, 2.75) is 43.6 Å². The van der Waals surface area contributed by atoms with Crippen molar-refractivity contribution in [1.82, 2.24) is 10.3 Å². The van der Waals surface area contributed by atoms with Gasteiger partial charge >= 0.3 is 0 Å². The number of pyridine rings is 1. The van der Waals surface area contributed by atoms with Gasteiger partial charge in [0.05, 0.1) is 0 Å². The molecule has 16 heavy (non-hydrogen) atoms. The predicted molar refractivity (Wildman–Crippen MR) is 65.8 cm³/mol. The van der Waals surface area contributed by atoms with Crippen LogP contribution >= 0.6 is 11.6 Å². The number of rotatable bonds is 1. The van der Waals surface area contributed by atoms with Crippen LogP contribution in [-0.2, 0) is 0 Å². The number of nitrogens with one attached hydrogen (secondary N) is 1. The minimum absolute atomic E-state index is 0.449. The summed E-state index contributed by atoms with van der Waals surface area (Å²) in [5.74, 6) is 0.676. The molecular formula is C13H17ClN2. The molecule has 1 aliphatic heterocycles. The van der Waals surface area contributed by atoms with Crippen molar-refractivity contribution in [2.24, 2.45) is 0 Å². The predicted octanol–water partition coefficient (Wildman–Crippen LogP) is 3.12. The van der Waals surface area contributed by atoms with Crippen molar-refractivity contribution < 1.29 is 0 Å². The lowest BCUT2D eigenvalue weighted by molar-refractivity contribution is 0.383. The van der Waals surface area contributed by atoms with E-state index in [4.69, 9.17) is 11.6 Å². The second kappa shape index (κ2) is 4.01. The third-order valence-electron chi connectivity index (χ3n) is 4.16. The van der Waals surface area contributed by atoms with Gasteiger partial charge in [-0.3, -0.25) is 0 Å². The van der Waals surface area contributed by atoms with Crippen LogP contribution in [0.15, 0.2) is 18.3 Å². The number of hydrogen-bond acceptors (Lipinski definition) is 2. The highest BCUT2D eigenvalue weighted by Gasteiger charge is 2.41. The summed E-state index contributed by atoms with van der Waals surface area (Å²) in [5, 5.41) is 4.29. The quantitative estimate of drug-likeness (QED) is 0.758. The van der Waals surface area contributed by atoms with Crippen LogP contribution in [0.2, 0.25) is 5.15 Å². The van der Waals surface area contributed by atoms with Crippen molar-refractivity contribution >= 4 is 11.6 Å². The highest BCUT2D eigenvalue weighted by Crippen LogP contribution is 2.44. The third kappa shape index (κ3) is 1.85. The molecule has 2 atom stereocenters. The van der Waals surface area contributed by atoms with E-state index in [1.165, 1.54) is 44.2 Å². The van der Waals surface area contributed by atoms with Crippen LogP contribution in [-0.4, -0.2) is 17.1 Å². The van der Waals surface area contributed by atoms with Crippen LogP contribution in [0.3, 0.4) is 0 Å². The maximum Gasteiger partial charge on any atom is 0.129 e. The molecule has 1 aromatic rings. The summed E-state index contributed by atoms with van der Waals surface area (Å²) in [5.41, 5.74) is 1.81. The first-order chi connectivity index (χ1) is 7.77. The van der Waals surface area contributed by atoms with Gasteiger partial charge in [-0.1, -0.05) is 17.7 Å². The Morgan fingerprint density at radius 3 is 3.00 bits per heavy atom. The minimum Gasteiger partial charge on any atom is -0.311 e. The topological polar surface area (TPSA) is 24.9 Å². The first kappa shape index (κ1) is 10.5. The fraction of sp³-hybridized carbons (Fsp3) is 0.615. The van der Waals surface area contributed by atoms with Crippen LogP contribution in [0.25, 0.3) is 0 Å². The molecule has 2 unspecified atom stereocenters. The van der Waals surface area contributed by atoms with Gasteiger partial charge in [-0.25, -0.2) is 4.98 Å². The molecule has 0 radical (unpaired) electrons. The largest absolute Gasteiger partial charge is 0.311 e. The van der Waals surface area contributed by atoms with E-state index in [0.717, 1.165) is 0 Å². The lowest BCUT2D eigenvalue weighted by atomic mass is 9.92. The van der Waals surface area contributed by atoms with Gasteiger partial charge in [0.1, 0.15) is 5.15 Å². The van der Waals surface area contributed by atoms with Crippen LogP contribution in [0.5, 0.6) is 0 Å². The van der Waals surface area contributed by atoms with Gasteiger partial charge in [0.15, 0.2) is 0 Å². The Hall–Kier alpha value is -0.600. The normalized spacial score (nSPS) is 33.7. The molecule has 1 spiro atoms. The monoisotopic (exact) mass is 236 g/mol. The Morgan fingerprint density at radius 1 is 1.38 bits per heavy atom. The summed E-state index contributed by atoms with van der Waals surface area (Å²) >= 11 is 5.82. The fourth-order valence-electron chi connectivity index (χ4n) is 3.30. The molecule has 2 fully saturated rings. The Morgan fingerprint density at radius 2 is 2.31 bits per heavy atom. The third-order valence-corrected chi connectivity index (χ3v) is 4.39. The van der Waals surface area contributed by atoms with E-state index in [9.17, 15) is 0 Å². The van der Waals surface area contributed by atoms with Gasteiger partial charge in [0, 0.05) is 11.7 Å². The smallest absolute Gasteiger partial charge is 0.129 e. The molecule has 1 N–H and O–H groups in total. The SMILES string of the molecule is Clc1ccc(C2CCC3(CCCN3)C2)cn1. The number of nitrogens with zero attached hydrogens (tertiary/aromatic N) is 1. The molecule has 1 aliphatic carbocycles. The molecule has 1 aromatic heterocycles. The molecule has 1 saturated carbocycles. The summed E-state index contributed by atoms with van der Waals surface area (Å²) in [6.45, 7) is 1.20. The summed E-state index contributed by atoms with van der Waals surface area (Å²) in [6.07, 6.45) is 8.52. The van der Waals surface area contributed by atoms with E-state index < -0.39 is 0 Å². The number of aromatic nitrogens is 1. The molecule has 0 bridgehead atoms. The molecule has 0 aromatic carbocycles. The number of halogens is 1. The lowest BCUT2D eigenvalue weighted by Crippen LogP contribution is -2.36. The van der Waals surface area contributed by atoms with Crippen LogP contribution in [0.4, 0.5) is 0 Å². The second-order valence-corrected chi connectivity index (χ2v) is 5.55. The molecule has 2 heterocycles. The second-order valence-electron chi connectivity index (χ2n) is 5.16. The zero-order chi connectivity index (χ0) is 11.0. The zero-order valence-electron chi connectivity index (χ0n) is 9.38. The van der Waals surface area contributed by atoms with Gasteiger partial charge in [-0.05, 0) is 56.2 Å². The molecule has 2 nitrogen and oxygen atoms in total.